The summed E-state index contributed by atoms with van der Waals surface area (Å²) in [5, 5.41) is 3.35. The minimum absolute atomic E-state index is 0.150. The van der Waals surface area contributed by atoms with Crippen LogP contribution in [0, 0.1) is 12.7 Å². The predicted octanol–water partition coefficient (Wildman–Crippen LogP) is 3.90. The molecule has 0 fully saturated rings. The van der Waals surface area contributed by atoms with Crippen molar-refractivity contribution in [3.63, 3.8) is 0 Å². The average molecular weight is 271 g/mol. The van der Waals surface area contributed by atoms with Crippen molar-refractivity contribution in [1.29, 1.82) is 0 Å². The van der Waals surface area contributed by atoms with Crippen molar-refractivity contribution in [2.45, 2.75) is 32.2 Å². The fraction of sp³-hybridized carbons (Fsp3) is 0.333. The van der Waals surface area contributed by atoms with Gasteiger partial charge in [-0.15, -0.1) is 0 Å². The van der Waals surface area contributed by atoms with Gasteiger partial charge < -0.3 is 5.32 Å². The molecule has 1 nitrogen and oxygen atoms in total. The molecule has 2 aromatic carbocycles. The van der Waals surface area contributed by atoms with Gasteiger partial charge in [-0.25, -0.2) is 4.39 Å². The largest absolute Gasteiger partial charge is 0.317 e. The SMILES string of the molecule is CNC(CCc1ccccc1)Cc1cc(F)ccc1C. The van der Waals surface area contributed by atoms with Crippen molar-refractivity contribution >= 4 is 0 Å². The third-order valence-electron chi connectivity index (χ3n) is 3.81. The monoisotopic (exact) mass is 271 g/mol. The third kappa shape index (κ3) is 4.17. The van der Waals surface area contributed by atoms with Crippen molar-refractivity contribution < 1.29 is 4.39 Å². The normalized spacial score (nSPS) is 12.3. The molecule has 0 aliphatic carbocycles. The number of halogens is 1. The van der Waals surface area contributed by atoms with Gasteiger partial charge in [-0.1, -0.05) is 36.4 Å². The topological polar surface area (TPSA) is 12.0 Å². The molecule has 0 radical (unpaired) electrons. The molecule has 106 valence electrons. The number of rotatable bonds is 6. The minimum atomic E-state index is -0.150. The summed E-state index contributed by atoms with van der Waals surface area (Å²) in [4.78, 5) is 0. The molecule has 0 aliphatic rings. The van der Waals surface area contributed by atoms with E-state index in [-0.39, 0.29) is 5.82 Å². The quantitative estimate of drug-likeness (QED) is 0.840. The predicted molar refractivity (Wildman–Crippen MR) is 82.5 cm³/mol. The average Bonchev–Trinajstić information content (AvgIpc) is 2.48. The Bertz CT molecular complexity index is 536. The zero-order valence-corrected chi connectivity index (χ0v) is 12.2. The van der Waals surface area contributed by atoms with E-state index in [1.165, 1.54) is 11.6 Å². The lowest BCUT2D eigenvalue weighted by Crippen LogP contribution is -2.28. The molecule has 0 spiro atoms. The fourth-order valence-electron chi connectivity index (χ4n) is 2.46. The molecule has 2 heteroatoms. The van der Waals surface area contributed by atoms with Gasteiger partial charge in [0.05, 0.1) is 0 Å². The number of likely N-dealkylation sites (N-methyl/N-ethyl adjacent to an activating group) is 1. The Labute approximate surface area is 120 Å². The van der Waals surface area contributed by atoms with E-state index in [1.807, 2.05) is 26.1 Å². The Kier molecular flexibility index (Phi) is 5.31. The standard InChI is InChI=1S/C18H22FN/c1-14-8-10-17(19)12-16(14)13-18(20-2)11-9-15-6-4-3-5-7-15/h3-8,10,12,18,20H,9,11,13H2,1-2H3. The molecule has 20 heavy (non-hydrogen) atoms. The zero-order chi connectivity index (χ0) is 14.4. The highest BCUT2D eigenvalue weighted by Crippen LogP contribution is 2.15. The molecule has 2 aromatic rings. The number of aryl methyl sites for hydroxylation is 2. The van der Waals surface area contributed by atoms with Crippen LogP contribution in [0.15, 0.2) is 48.5 Å². The molecular formula is C18H22FN. The van der Waals surface area contributed by atoms with E-state index in [0.29, 0.717) is 6.04 Å². The highest BCUT2D eigenvalue weighted by Gasteiger charge is 2.10. The van der Waals surface area contributed by atoms with Gasteiger partial charge in [-0.2, -0.15) is 0 Å². The maximum Gasteiger partial charge on any atom is 0.123 e. The summed E-state index contributed by atoms with van der Waals surface area (Å²) in [6, 6.07) is 15.9. The highest BCUT2D eigenvalue weighted by atomic mass is 19.1. The van der Waals surface area contributed by atoms with Crippen molar-refractivity contribution in [1.82, 2.24) is 5.32 Å². The second-order valence-corrected chi connectivity index (χ2v) is 5.28. The first-order valence-electron chi connectivity index (χ1n) is 7.15. The molecule has 1 atom stereocenters. The summed E-state index contributed by atoms with van der Waals surface area (Å²) in [6.45, 7) is 2.04. The second-order valence-electron chi connectivity index (χ2n) is 5.28. The van der Waals surface area contributed by atoms with Gasteiger partial charge in [0, 0.05) is 6.04 Å². The van der Waals surface area contributed by atoms with Gasteiger partial charge >= 0.3 is 0 Å². The lowest BCUT2D eigenvalue weighted by Gasteiger charge is -2.17. The lowest BCUT2D eigenvalue weighted by atomic mass is 9.96. The van der Waals surface area contributed by atoms with Crippen LogP contribution in [0.4, 0.5) is 4.39 Å². The van der Waals surface area contributed by atoms with E-state index in [9.17, 15) is 4.39 Å². The Morgan fingerprint density at radius 1 is 1.10 bits per heavy atom. The summed E-state index contributed by atoms with van der Waals surface area (Å²) in [6.07, 6.45) is 2.96. The van der Waals surface area contributed by atoms with E-state index in [2.05, 4.69) is 29.6 Å². The number of hydrogen-bond donors (Lipinski definition) is 1. The lowest BCUT2D eigenvalue weighted by molar-refractivity contribution is 0.517. The Morgan fingerprint density at radius 2 is 1.85 bits per heavy atom. The first-order valence-corrected chi connectivity index (χ1v) is 7.15. The minimum Gasteiger partial charge on any atom is -0.317 e. The molecule has 0 aliphatic heterocycles. The number of benzene rings is 2. The van der Waals surface area contributed by atoms with Crippen molar-refractivity contribution in [3.05, 3.63) is 71.0 Å². The van der Waals surface area contributed by atoms with Crippen molar-refractivity contribution in [3.8, 4) is 0 Å². The van der Waals surface area contributed by atoms with Crippen LogP contribution in [-0.4, -0.2) is 13.1 Å². The van der Waals surface area contributed by atoms with Crippen LogP contribution < -0.4 is 5.32 Å². The fourth-order valence-corrected chi connectivity index (χ4v) is 2.46. The zero-order valence-electron chi connectivity index (χ0n) is 12.2. The van der Waals surface area contributed by atoms with Gasteiger partial charge in [0.2, 0.25) is 0 Å². The van der Waals surface area contributed by atoms with Crippen LogP contribution in [0.5, 0.6) is 0 Å². The van der Waals surface area contributed by atoms with Crippen LogP contribution in [0.25, 0.3) is 0 Å². The maximum atomic E-state index is 13.3. The molecule has 0 heterocycles. The van der Waals surface area contributed by atoms with Gasteiger partial charge in [0.25, 0.3) is 0 Å². The second kappa shape index (κ2) is 7.20. The van der Waals surface area contributed by atoms with Gasteiger partial charge in [0.15, 0.2) is 0 Å². The van der Waals surface area contributed by atoms with Crippen LogP contribution in [0.3, 0.4) is 0 Å². The van der Waals surface area contributed by atoms with Crippen molar-refractivity contribution in [2.24, 2.45) is 0 Å². The van der Waals surface area contributed by atoms with Crippen LogP contribution in [-0.2, 0) is 12.8 Å². The molecule has 0 saturated carbocycles. The van der Waals surface area contributed by atoms with Gasteiger partial charge in [-0.05, 0) is 62.1 Å². The first kappa shape index (κ1) is 14.7. The van der Waals surface area contributed by atoms with Crippen LogP contribution >= 0.6 is 0 Å². The molecule has 1 N–H and O–H groups in total. The van der Waals surface area contributed by atoms with Gasteiger partial charge in [0.1, 0.15) is 5.82 Å². The molecule has 0 amide bonds. The summed E-state index contributed by atoms with van der Waals surface area (Å²) in [5.41, 5.74) is 3.60. The Hall–Kier alpha value is -1.67. The van der Waals surface area contributed by atoms with E-state index in [0.717, 1.165) is 30.4 Å². The summed E-state index contributed by atoms with van der Waals surface area (Å²) in [5.74, 6) is -0.150. The molecular weight excluding hydrogens is 249 g/mol. The first-order chi connectivity index (χ1) is 9.69. The van der Waals surface area contributed by atoms with E-state index >= 15 is 0 Å². The van der Waals surface area contributed by atoms with Gasteiger partial charge in [-0.3, -0.25) is 0 Å². The molecule has 2 rings (SSSR count). The molecule has 0 saturated heterocycles. The summed E-state index contributed by atoms with van der Waals surface area (Å²) >= 11 is 0. The summed E-state index contributed by atoms with van der Waals surface area (Å²) < 4.78 is 13.3. The summed E-state index contributed by atoms with van der Waals surface area (Å²) in [7, 11) is 1.98. The van der Waals surface area contributed by atoms with E-state index in [1.54, 1.807) is 6.07 Å². The smallest absolute Gasteiger partial charge is 0.123 e. The third-order valence-corrected chi connectivity index (χ3v) is 3.81. The van der Waals surface area contributed by atoms with E-state index < -0.39 is 0 Å². The van der Waals surface area contributed by atoms with Crippen molar-refractivity contribution in [2.75, 3.05) is 7.05 Å². The molecule has 0 bridgehead atoms. The van der Waals surface area contributed by atoms with Crippen LogP contribution in [0.2, 0.25) is 0 Å². The Morgan fingerprint density at radius 3 is 2.55 bits per heavy atom. The molecule has 0 aromatic heterocycles. The number of nitrogens with one attached hydrogen (secondary N) is 1. The highest BCUT2D eigenvalue weighted by molar-refractivity contribution is 5.27. The molecule has 1 unspecified atom stereocenters. The maximum absolute atomic E-state index is 13.3. The van der Waals surface area contributed by atoms with Crippen LogP contribution in [0.1, 0.15) is 23.1 Å². The Balaban J connectivity index is 1.97. The van der Waals surface area contributed by atoms with E-state index in [4.69, 9.17) is 0 Å². The number of hydrogen-bond acceptors (Lipinski definition) is 1.